The maximum absolute atomic E-state index is 12.9. The van der Waals surface area contributed by atoms with Crippen molar-refractivity contribution in [3.63, 3.8) is 0 Å². The van der Waals surface area contributed by atoms with Gasteiger partial charge < -0.3 is 15.3 Å². The van der Waals surface area contributed by atoms with Crippen LogP contribution in [0.4, 0.5) is 18.9 Å². The quantitative estimate of drug-likeness (QED) is 0.348. The van der Waals surface area contributed by atoms with E-state index in [1.807, 2.05) is 19.2 Å². The number of carbonyl (C=O) groups is 3. The van der Waals surface area contributed by atoms with Crippen LogP contribution >= 0.6 is 0 Å². The minimum Gasteiger partial charge on any atom is -0.481 e. The number of Topliss-reactive ketones (excluding diaryl/α,β-unsaturated/α-hetero) is 1. The van der Waals surface area contributed by atoms with E-state index in [4.69, 9.17) is 0 Å². The molecule has 39 heavy (non-hydrogen) atoms. The van der Waals surface area contributed by atoms with Gasteiger partial charge in [0, 0.05) is 17.7 Å². The number of hydrogen-bond donors (Lipinski definition) is 2. The van der Waals surface area contributed by atoms with Gasteiger partial charge in [-0.05, 0) is 73.9 Å². The zero-order valence-electron chi connectivity index (χ0n) is 21.4. The van der Waals surface area contributed by atoms with Crippen LogP contribution in [0, 0.1) is 5.41 Å². The molecule has 1 heterocycles. The number of alkyl halides is 3. The Hall–Kier alpha value is -3.98. The molecule has 9 heteroatoms. The average Bonchev–Trinajstić information content (AvgIpc) is 2.90. The van der Waals surface area contributed by atoms with E-state index in [-0.39, 0.29) is 24.5 Å². The van der Waals surface area contributed by atoms with E-state index in [0.717, 1.165) is 23.3 Å². The molecule has 0 unspecified atom stereocenters. The number of nitrogens with one attached hydrogen (secondary N) is 1. The van der Waals surface area contributed by atoms with E-state index in [1.165, 1.54) is 12.1 Å². The maximum atomic E-state index is 12.9. The summed E-state index contributed by atoms with van der Waals surface area (Å²) < 4.78 is 38.1. The fourth-order valence-corrected chi connectivity index (χ4v) is 4.72. The van der Waals surface area contributed by atoms with Gasteiger partial charge in [0.1, 0.15) is 0 Å². The first kappa shape index (κ1) is 28.0. The SMILES string of the molecule is CN1CCC(CC(=O)c2ccc(-c3ccc(NC(=O)Cc4ccc(C(F)(F)F)cc4)cc3)cc2)(C(=O)O)CC1. The van der Waals surface area contributed by atoms with Crippen molar-refractivity contribution in [2.75, 3.05) is 25.5 Å². The highest BCUT2D eigenvalue weighted by molar-refractivity contribution is 5.99. The number of ketones is 1. The molecule has 204 valence electrons. The summed E-state index contributed by atoms with van der Waals surface area (Å²) >= 11 is 0. The maximum Gasteiger partial charge on any atom is 0.416 e. The molecule has 0 spiro atoms. The second kappa shape index (κ2) is 11.4. The summed E-state index contributed by atoms with van der Waals surface area (Å²) in [6, 6.07) is 18.5. The third kappa shape index (κ3) is 6.92. The number of carboxylic acids is 1. The summed E-state index contributed by atoms with van der Waals surface area (Å²) in [4.78, 5) is 39.3. The van der Waals surface area contributed by atoms with Gasteiger partial charge in [-0.1, -0.05) is 48.5 Å². The zero-order valence-corrected chi connectivity index (χ0v) is 21.4. The number of amides is 1. The van der Waals surface area contributed by atoms with Crippen molar-refractivity contribution >= 4 is 23.3 Å². The van der Waals surface area contributed by atoms with Crippen molar-refractivity contribution in [1.82, 2.24) is 4.90 Å². The average molecular weight is 539 g/mol. The summed E-state index contributed by atoms with van der Waals surface area (Å²) in [5.74, 6) is -1.47. The lowest BCUT2D eigenvalue weighted by molar-refractivity contribution is -0.151. The Bertz CT molecular complexity index is 1330. The van der Waals surface area contributed by atoms with Gasteiger partial charge >= 0.3 is 12.1 Å². The highest BCUT2D eigenvalue weighted by atomic mass is 19.4. The highest BCUT2D eigenvalue weighted by Gasteiger charge is 2.42. The van der Waals surface area contributed by atoms with Crippen molar-refractivity contribution in [3.05, 3.63) is 89.5 Å². The molecule has 0 bridgehead atoms. The first-order valence-corrected chi connectivity index (χ1v) is 12.6. The molecule has 0 saturated carbocycles. The molecule has 3 aromatic rings. The molecular weight excluding hydrogens is 509 g/mol. The molecule has 3 aromatic carbocycles. The first-order valence-electron chi connectivity index (χ1n) is 12.6. The fraction of sp³-hybridized carbons (Fsp3) is 0.300. The second-order valence-electron chi connectivity index (χ2n) is 10.1. The number of benzene rings is 3. The number of nitrogens with zero attached hydrogens (tertiary/aromatic N) is 1. The molecule has 1 saturated heterocycles. The van der Waals surface area contributed by atoms with Gasteiger partial charge in [-0.2, -0.15) is 13.2 Å². The summed E-state index contributed by atoms with van der Waals surface area (Å²) in [5, 5.41) is 12.6. The summed E-state index contributed by atoms with van der Waals surface area (Å²) in [6.45, 7) is 1.29. The lowest BCUT2D eigenvalue weighted by Gasteiger charge is -2.36. The van der Waals surface area contributed by atoms with Crippen molar-refractivity contribution in [2.24, 2.45) is 5.41 Å². The van der Waals surface area contributed by atoms with Crippen LogP contribution in [0.3, 0.4) is 0 Å². The lowest BCUT2D eigenvalue weighted by atomic mass is 9.74. The molecular formula is C30H29F3N2O4. The zero-order chi connectivity index (χ0) is 28.2. The third-order valence-corrected chi connectivity index (χ3v) is 7.25. The van der Waals surface area contributed by atoms with Gasteiger partial charge in [0.25, 0.3) is 0 Å². The largest absolute Gasteiger partial charge is 0.481 e. The van der Waals surface area contributed by atoms with Gasteiger partial charge in [-0.3, -0.25) is 14.4 Å². The van der Waals surface area contributed by atoms with Gasteiger partial charge in [0.15, 0.2) is 5.78 Å². The van der Waals surface area contributed by atoms with Crippen LogP contribution in [0.1, 0.15) is 40.7 Å². The number of piperidine rings is 1. The van der Waals surface area contributed by atoms with Crippen LogP contribution in [0.5, 0.6) is 0 Å². The minimum absolute atomic E-state index is 0.0314. The Kier molecular flexibility index (Phi) is 8.20. The molecule has 4 rings (SSSR count). The van der Waals surface area contributed by atoms with Crippen LogP contribution in [0.25, 0.3) is 11.1 Å². The van der Waals surface area contributed by atoms with Crippen LogP contribution in [0.2, 0.25) is 0 Å². The monoisotopic (exact) mass is 538 g/mol. The Balaban J connectivity index is 1.35. The lowest BCUT2D eigenvalue weighted by Crippen LogP contribution is -2.44. The molecule has 1 amide bonds. The van der Waals surface area contributed by atoms with Crippen LogP contribution < -0.4 is 5.32 Å². The van der Waals surface area contributed by atoms with E-state index >= 15 is 0 Å². The Labute approximate surface area is 224 Å². The Morgan fingerprint density at radius 2 is 1.41 bits per heavy atom. The number of likely N-dealkylation sites (tertiary alicyclic amines) is 1. The number of carbonyl (C=O) groups excluding carboxylic acids is 2. The minimum atomic E-state index is -4.42. The van der Waals surface area contributed by atoms with Crippen molar-refractivity contribution in [2.45, 2.75) is 31.9 Å². The molecule has 0 aromatic heterocycles. The molecule has 0 aliphatic carbocycles. The van der Waals surface area contributed by atoms with E-state index in [1.54, 1.807) is 36.4 Å². The third-order valence-electron chi connectivity index (χ3n) is 7.25. The normalized spacial score (nSPS) is 15.5. The number of carboxylic acid groups (broad SMARTS) is 1. The molecule has 1 aliphatic rings. The number of rotatable bonds is 8. The molecule has 0 atom stereocenters. The smallest absolute Gasteiger partial charge is 0.416 e. The van der Waals surface area contributed by atoms with Gasteiger partial charge in [-0.15, -0.1) is 0 Å². The van der Waals surface area contributed by atoms with E-state index in [2.05, 4.69) is 10.2 Å². The van der Waals surface area contributed by atoms with Crippen LogP contribution in [-0.2, 0) is 22.2 Å². The molecule has 2 N–H and O–H groups in total. The predicted octanol–water partition coefficient (Wildman–Crippen LogP) is 5.92. The van der Waals surface area contributed by atoms with Crippen molar-refractivity contribution in [1.29, 1.82) is 0 Å². The summed E-state index contributed by atoms with van der Waals surface area (Å²) in [7, 11) is 1.94. The standard InChI is InChI=1S/C30H29F3N2O4/c1-35-16-14-29(15-17-35,28(38)39)19-26(36)23-6-4-21(5-7-23)22-8-12-25(13-9-22)34-27(37)18-20-2-10-24(11-3-20)30(31,32)33/h2-13H,14-19H2,1H3,(H,34,37)(H,38,39). The number of hydrogen-bond acceptors (Lipinski definition) is 4. The van der Waals surface area contributed by atoms with Crippen molar-refractivity contribution in [3.8, 4) is 11.1 Å². The number of anilines is 1. The molecule has 1 aliphatic heterocycles. The second-order valence-corrected chi connectivity index (χ2v) is 10.1. The molecule has 6 nitrogen and oxygen atoms in total. The van der Waals surface area contributed by atoms with Crippen molar-refractivity contribution < 1.29 is 32.7 Å². The summed E-state index contributed by atoms with van der Waals surface area (Å²) in [6.07, 6.45) is -3.63. The molecule has 1 fully saturated rings. The van der Waals surface area contributed by atoms with E-state index in [0.29, 0.717) is 42.7 Å². The Morgan fingerprint density at radius 3 is 1.92 bits per heavy atom. The fourth-order valence-electron chi connectivity index (χ4n) is 4.72. The van der Waals surface area contributed by atoms with E-state index < -0.39 is 23.1 Å². The Morgan fingerprint density at radius 1 is 0.872 bits per heavy atom. The number of halogens is 3. The topological polar surface area (TPSA) is 86.7 Å². The van der Waals surface area contributed by atoms with Crippen LogP contribution in [0.15, 0.2) is 72.8 Å². The van der Waals surface area contributed by atoms with E-state index in [9.17, 15) is 32.7 Å². The van der Waals surface area contributed by atoms with Gasteiger partial charge in [-0.25, -0.2) is 0 Å². The summed E-state index contributed by atoms with van der Waals surface area (Å²) in [5.41, 5.74) is 1.38. The highest BCUT2D eigenvalue weighted by Crippen LogP contribution is 2.36. The molecule has 0 radical (unpaired) electrons. The van der Waals surface area contributed by atoms with Crippen LogP contribution in [-0.4, -0.2) is 47.8 Å². The first-order chi connectivity index (χ1) is 18.4. The van der Waals surface area contributed by atoms with Gasteiger partial charge in [0.05, 0.1) is 17.4 Å². The van der Waals surface area contributed by atoms with Gasteiger partial charge in [0.2, 0.25) is 5.91 Å². The number of aliphatic carboxylic acids is 1. The predicted molar refractivity (Wildman–Crippen MR) is 141 cm³/mol.